The summed E-state index contributed by atoms with van der Waals surface area (Å²) in [7, 11) is 9.63. The molecule has 0 saturated heterocycles. The van der Waals surface area contributed by atoms with Gasteiger partial charge in [0.15, 0.2) is 5.65 Å². The molecule has 0 bridgehead atoms. The van der Waals surface area contributed by atoms with Crippen molar-refractivity contribution in [1.29, 1.82) is 0 Å². The predicted molar refractivity (Wildman–Crippen MR) is 88.7 cm³/mol. The minimum atomic E-state index is -0.106. The molecular weight excluding hydrogens is 474 g/mol. The minimum absolute atomic E-state index is 0.106. The molecule has 0 spiro atoms. The molecule has 3 N–H and O–H groups in total. The van der Waals surface area contributed by atoms with E-state index >= 15 is 0 Å². The van der Waals surface area contributed by atoms with E-state index in [1.54, 1.807) is 19.0 Å². The largest absolute Gasteiger partial charge is 0.838 e. The molecule has 2 aromatic heterocycles. The van der Waals surface area contributed by atoms with Crippen molar-refractivity contribution >= 4 is 68.2 Å². The number of aromatic nitrogens is 4. The van der Waals surface area contributed by atoms with Crippen LogP contribution in [0.15, 0.2) is 33.4 Å². The van der Waals surface area contributed by atoms with Crippen LogP contribution in [0.2, 0.25) is 0 Å². The maximum Gasteiger partial charge on any atom is 0.158 e. The molecule has 13 heteroatoms. The Balaban J connectivity index is 0.000000143. The van der Waals surface area contributed by atoms with E-state index in [0.717, 1.165) is 11.9 Å². The van der Waals surface area contributed by atoms with Gasteiger partial charge in [-0.2, -0.15) is 5.03 Å². The van der Waals surface area contributed by atoms with Gasteiger partial charge in [0, 0.05) is 6.17 Å². The maximum atomic E-state index is 4.89. The monoisotopic (exact) mass is 479 g/mol. The molecule has 4 heterocycles. The Morgan fingerprint density at radius 1 is 1.26 bits per heavy atom. The smallest absolute Gasteiger partial charge is 0.158 e. The number of H-pyrrole nitrogens is 1. The molecule has 0 unspecified atom stereocenters. The summed E-state index contributed by atoms with van der Waals surface area (Å²) in [6.07, 6.45) is 6.92. The van der Waals surface area contributed by atoms with Crippen LogP contribution in [0.5, 0.6) is 0 Å². The number of aliphatic imine (C=N–C) groups is 1. The van der Waals surface area contributed by atoms with E-state index in [1.807, 2.05) is 0 Å². The Kier molecular flexibility index (Phi) is 7.23. The van der Waals surface area contributed by atoms with Crippen LogP contribution in [0.25, 0.3) is 16.5 Å². The quantitative estimate of drug-likeness (QED) is 0.211. The number of aromatic amines is 1. The van der Waals surface area contributed by atoms with Gasteiger partial charge in [0.1, 0.15) is 11.8 Å². The Labute approximate surface area is 158 Å². The van der Waals surface area contributed by atoms with E-state index in [2.05, 4.69) is 40.6 Å². The molecule has 0 radical (unpaired) electrons. The van der Waals surface area contributed by atoms with Gasteiger partial charge in [-0.3, -0.25) is 9.98 Å². The van der Waals surface area contributed by atoms with E-state index in [0.29, 0.717) is 21.2 Å². The van der Waals surface area contributed by atoms with Crippen LogP contribution in [0.3, 0.4) is 0 Å². The third kappa shape index (κ3) is 4.87. The predicted octanol–water partition coefficient (Wildman–Crippen LogP) is -0.0452. The SMILES string of the molecule is [Cl][Pd][Cl].[S-]C1=C2N=CN[C-]2[NH+]=C[N-]1.[S-]c1ncnc2[nH]cnc12. The normalized spacial score (nSPS) is 14.4. The number of fused-ring (bicyclic) bond motifs is 2. The van der Waals surface area contributed by atoms with Gasteiger partial charge in [0.25, 0.3) is 0 Å². The van der Waals surface area contributed by atoms with Crippen LogP contribution in [-0.4, -0.2) is 32.6 Å². The molecular formula is C10H7Cl2N8PdS2-3. The van der Waals surface area contributed by atoms with Crippen LogP contribution < -0.4 is 10.3 Å². The average Bonchev–Trinajstić information content (AvgIpc) is 3.18. The molecule has 0 fully saturated rings. The molecule has 2 aliphatic rings. The van der Waals surface area contributed by atoms with Gasteiger partial charge in [-0.15, -0.1) is 0 Å². The zero-order chi connectivity index (χ0) is 16.7. The number of hydrogen-bond acceptors (Lipinski definition) is 7. The van der Waals surface area contributed by atoms with Gasteiger partial charge in [0.05, 0.1) is 12.7 Å². The number of nitrogens with zero attached hydrogens (tertiary/aromatic N) is 5. The molecule has 0 saturated carbocycles. The third-order valence-corrected chi connectivity index (χ3v) is 3.01. The summed E-state index contributed by atoms with van der Waals surface area (Å²) in [4.78, 5) is 21.3. The molecule has 2 aromatic rings. The van der Waals surface area contributed by atoms with E-state index in [9.17, 15) is 0 Å². The van der Waals surface area contributed by atoms with Gasteiger partial charge < -0.3 is 45.9 Å². The van der Waals surface area contributed by atoms with Crippen molar-refractivity contribution in [3.05, 3.63) is 34.9 Å². The summed E-state index contributed by atoms with van der Waals surface area (Å²) in [6, 6.07) is 0. The summed E-state index contributed by atoms with van der Waals surface area (Å²) in [6.45, 7) is 0. The number of imidazole rings is 1. The second-order valence-electron chi connectivity index (χ2n) is 3.66. The van der Waals surface area contributed by atoms with E-state index in [-0.39, 0.29) is 15.9 Å². The number of rotatable bonds is 0. The van der Waals surface area contributed by atoms with Gasteiger partial charge in [-0.1, -0.05) is 5.03 Å². The molecule has 0 aliphatic carbocycles. The van der Waals surface area contributed by atoms with Crippen LogP contribution in [-0.2, 0) is 41.2 Å². The fourth-order valence-electron chi connectivity index (χ4n) is 1.53. The Hall–Kier alpha value is -1.22. The third-order valence-electron chi connectivity index (χ3n) is 2.42. The first-order valence-corrected chi connectivity index (χ1v) is 10.5. The molecule has 4 rings (SSSR count). The second-order valence-corrected chi connectivity index (χ2v) is 6.79. The first-order chi connectivity index (χ1) is 11.2. The van der Waals surface area contributed by atoms with E-state index in [1.165, 1.54) is 6.33 Å². The standard InChI is InChI=1S/C5H5N4S.C5H4N4S.2ClH.Pd/c2*10-5-3-4(7-1-6-3)8-2-9-5;;;/h1-2,8,10H,(H,6,7);1-2H,(H2,6,7,8,9,10);2*1H;/q-1;;;;+2/p-4. The van der Waals surface area contributed by atoms with Gasteiger partial charge in [-0.05, 0) is 12.0 Å². The minimum Gasteiger partial charge on any atom is -0.838 e. The Bertz CT molecular complexity index is 749. The average molecular weight is 481 g/mol. The fraction of sp³-hybridized carbons (Fsp3) is 0. The second kappa shape index (κ2) is 9.17. The molecule has 0 atom stereocenters. The Morgan fingerprint density at radius 3 is 2.74 bits per heavy atom. The summed E-state index contributed by atoms with van der Waals surface area (Å²) in [5.41, 5.74) is 2.08. The summed E-state index contributed by atoms with van der Waals surface area (Å²) in [5, 5.41) is 7.76. The Morgan fingerprint density at radius 2 is 2.04 bits per heavy atom. The summed E-state index contributed by atoms with van der Waals surface area (Å²) in [5.74, 6) is 0. The molecule has 2 aliphatic heterocycles. The first kappa shape index (κ1) is 18.1. The summed E-state index contributed by atoms with van der Waals surface area (Å²) < 4.78 is 0. The van der Waals surface area contributed by atoms with Crippen molar-refractivity contribution in [3.8, 4) is 0 Å². The molecule has 23 heavy (non-hydrogen) atoms. The van der Waals surface area contributed by atoms with E-state index in [4.69, 9.17) is 44.3 Å². The number of halogens is 2. The topological polar surface area (TPSA) is 107 Å². The zero-order valence-corrected chi connectivity index (χ0v) is 15.6. The van der Waals surface area contributed by atoms with Crippen molar-refractivity contribution in [2.24, 2.45) is 4.99 Å². The summed E-state index contributed by atoms with van der Waals surface area (Å²) >= 11 is 9.66. The molecule has 0 aromatic carbocycles. The van der Waals surface area contributed by atoms with Crippen molar-refractivity contribution in [2.45, 2.75) is 5.03 Å². The maximum absolute atomic E-state index is 4.89. The van der Waals surface area contributed by atoms with Crippen LogP contribution >= 0.6 is 19.1 Å². The van der Waals surface area contributed by atoms with Crippen molar-refractivity contribution < 1.29 is 20.9 Å². The van der Waals surface area contributed by atoms with Crippen LogP contribution in [0, 0.1) is 6.17 Å². The fourth-order valence-corrected chi connectivity index (χ4v) is 1.93. The molecule has 126 valence electrons. The zero-order valence-electron chi connectivity index (χ0n) is 10.9. The molecule has 8 nitrogen and oxygen atoms in total. The van der Waals surface area contributed by atoms with Crippen LogP contribution in [0.4, 0.5) is 0 Å². The number of hydrogen-bond donors (Lipinski definition) is 3. The van der Waals surface area contributed by atoms with Crippen molar-refractivity contribution in [3.63, 3.8) is 0 Å². The van der Waals surface area contributed by atoms with Crippen LogP contribution in [0.1, 0.15) is 0 Å². The van der Waals surface area contributed by atoms with E-state index < -0.39 is 0 Å². The van der Waals surface area contributed by atoms with Crippen molar-refractivity contribution in [1.82, 2.24) is 25.3 Å². The first-order valence-electron chi connectivity index (χ1n) is 5.67. The van der Waals surface area contributed by atoms with Crippen molar-refractivity contribution in [2.75, 3.05) is 0 Å². The molecule has 0 amide bonds. The van der Waals surface area contributed by atoms with Gasteiger partial charge >= 0.3 is 35.0 Å². The number of nitrogens with one attached hydrogen (secondary N) is 3. The van der Waals surface area contributed by atoms with Gasteiger partial charge in [-0.25, -0.2) is 9.97 Å². The van der Waals surface area contributed by atoms with Gasteiger partial charge in [0.2, 0.25) is 0 Å².